The van der Waals surface area contributed by atoms with E-state index in [1.165, 1.54) is 14.2 Å². The summed E-state index contributed by atoms with van der Waals surface area (Å²) in [5, 5.41) is 10.2. The van der Waals surface area contributed by atoms with Crippen LogP contribution in [0.25, 0.3) is 22.7 Å². The highest BCUT2D eigenvalue weighted by Gasteiger charge is 2.20. The molecule has 0 atom stereocenters. The van der Waals surface area contributed by atoms with E-state index in [0.29, 0.717) is 30.4 Å². The monoisotopic (exact) mass is 412 g/mol. The lowest BCUT2D eigenvalue weighted by atomic mass is 10.1. The Labute approximate surface area is 176 Å². The van der Waals surface area contributed by atoms with Gasteiger partial charge >= 0.3 is 0 Å². The lowest BCUT2D eigenvalue weighted by Gasteiger charge is -2.12. The van der Waals surface area contributed by atoms with Crippen LogP contribution in [-0.4, -0.2) is 45.0 Å². The van der Waals surface area contributed by atoms with E-state index >= 15 is 0 Å². The summed E-state index contributed by atoms with van der Waals surface area (Å²) < 4.78 is 22.3. The number of anilines is 1. The van der Waals surface area contributed by atoms with Gasteiger partial charge in [-0.1, -0.05) is 19.1 Å². The van der Waals surface area contributed by atoms with Crippen LogP contribution in [0.15, 0.2) is 40.8 Å². The molecule has 0 aliphatic rings. The van der Waals surface area contributed by atoms with Gasteiger partial charge in [-0.3, -0.25) is 0 Å². The minimum Gasteiger partial charge on any atom is -0.502 e. The number of phenolic OH excluding ortho intramolecular Hbond substituents is 1. The summed E-state index contributed by atoms with van der Waals surface area (Å²) in [5.74, 6) is 1.53. The number of hydrogen-bond donors (Lipinski definition) is 1. The molecule has 0 radical (unpaired) electrons. The fraction of sp³-hybridized carbons (Fsp3) is 0.348. The molecule has 3 rings (SSSR count). The summed E-state index contributed by atoms with van der Waals surface area (Å²) in [6.07, 6.45) is 0.917. The molecule has 7 heteroatoms. The van der Waals surface area contributed by atoms with E-state index in [1.54, 1.807) is 12.1 Å². The molecule has 1 aromatic heterocycles. The molecular weight excluding hydrogens is 384 g/mol. The Hall–Kier alpha value is -3.19. The first kappa shape index (κ1) is 21.5. The number of nitrogens with zero attached hydrogens (tertiary/aromatic N) is 2. The Bertz CT molecular complexity index is 955. The molecule has 3 aromatic rings. The summed E-state index contributed by atoms with van der Waals surface area (Å²) in [6, 6.07) is 11.4. The SMILES string of the molecule is CCCOCc1oc(-c2cc(OC)c(O)c(OC)c2)nc1-c1ccc(N(C)C)cc1. The van der Waals surface area contributed by atoms with Crippen molar-refractivity contribution in [2.24, 2.45) is 0 Å². The van der Waals surface area contributed by atoms with Gasteiger partial charge in [0.15, 0.2) is 17.3 Å². The molecule has 0 spiro atoms. The van der Waals surface area contributed by atoms with Gasteiger partial charge in [0.2, 0.25) is 11.6 Å². The normalized spacial score (nSPS) is 10.8. The number of aromatic hydroxyl groups is 1. The van der Waals surface area contributed by atoms with Gasteiger partial charge in [0.05, 0.1) is 14.2 Å². The number of hydrogen-bond acceptors (Lipinski definition) is 7. The van der Waals surface area contributed by atoms with Crippen LogP contribution in [0.5, 0.6) is 17.2 Å². The highest BCUT2D eigenvalue weighted by molar-refractivity contribution is 5.70. The molecule has 160 valence electrons. The Morgan fingerprint density at radius 1 is 1.00 bits per heavy atom. The van der Waals surface area contributed by atoms with E-state index in [-0.39, 0.29) is 17.2 Å². The number of phenols is 1. The standard InChI is InChI=1S/C23H28N2O5/c1-6-11-29-14-20-21(15-7-9-17(10-8-15)25(2)3)24-23(30-20)16-12-18(27-4)22(26)19(13-16)28-5/h7-10,12-13,26H,6,11,14H2,1-5H3. The first-order valence-electron chi connectivity index (χ1n) is 9.79. The minimum absolute atomic E-state index is 0.0682. The third-order valence-electron chi connectivity index (χ3n) is 4.66. The number of ether oxygens (including phenoxy) is 3. The van der Waals surface area contributed by atoms with Crippen LogP contribution in [0.3, 0.4) is 0 Å². The summed E-state index contributed by atoms with van der Waals surface area (Å²) in [6.45, 7) is 3.01. The van der Waals surface area contributed by atoms with E-state index < -0.39 is 0 Å². The minimum atomic E-state index is -0.0682. The van der Waals surface area contributed by atoms with Gasteiger partial charge in [-0.2, -0.15) is 0 Å². The molecule has 0 aliphatic heterocycles. The maximum Gasteiger partial charge on any atom is 0.227 e. The first-order valence-corrected chi connectivity index (χ1v) is 9.79. The maximum atomic E-state index is 10.2. The molecule has 1 heterocycles. The fourth-order valence-corrected chi connectivity index (χ4v) is 3.04. The average molecular weight is 412 g/mol. The third kappa shape index (κ3) is 4.52. The molecule has 0 unspecified atom stereocenters. The quantitative estimate of drug-likeness (QED) is 0.509. The molecular formula is C23H28N2O5. The summed E-state index contributed by atoms with van der Waals surface area (Å²) >= 11 is 0. The van der Waals surface area contributed by atoms with E-state index in [9.17, 15) is 5.11 Å². The lowest BCUT2D eigenvalue weighted by Crippen LogP contribution is -2.07. The predicted molar refractivity (Wildman–Crippen MR) is 116 cm³/mol. The van der Waals surface area contributed by atoms with E-state index in [1.807, 2.05) is 43.3 Å². The second-order valence-corrected chi connectivity index (χ2v) is 7.01. The molecule has 0 bridgehead atoms. The molecule has 30 heavy (non-hydrogen) atoms. The van der Waals surface area contributed by atoms with Crippen molar-refractivity contribution < 1.29 is 23.7 Å². The highest BCUT2D eigenvalue weighted by Crippen LogP contribution is 2.41. The number of aromatic nitrogens is 1. The highest BCUT2D eigenvalue weighted by atomic mass is 16.5. The van der Waals surface area contributed by atoms with Crippen molar-refractivity contribution in [3.8, 4) is 40.0 Å². The van der Waals surface area contributed by atoms with Crippen LogP contribution in [-0.2, 0) is 11.3 Å². The summed E-state index contributed by atoms with van der Waals surface area (Å²) in [5.41, 5.74) is 3.38. The van der Waals surface area contributed by atoms with Crippen LogP contribution in [0.1, 0.15) is 19.1 Å². The average Bonchev–Trinajstić information content (AvgIpc) is 3.18. The van der Waals surface area contributed by atoms with Crippen molar-refractivity contribution in [3.05, 3.63) is 42.2 Å². The smallest absolute Gasteiger partial charge is 0.227 e. The second kappa shape index (κ2) is 9.54. The van der Waals surface area contributed by atoms with Gasteiger partial charge < -0.3 is 28.6 Å². The van der Waals surface area contributed by atoms with Crippen molar-refractivity contribution >= 4 is 5.69 Å². The van der Waals surface area contributed by atoms with Crippen LogP contribution in [0.2, 0.25) is 0 Å². The van der Waals surface area contributed by atoms with Crippen molar-refractivity contribution in [2.75, 3.05) is 39.8 Å². The Kier molecular flexibility index (Phi) is 6.84. The van der Waals surface area contributed by atoms with Crippen molar-refractivity contribution in [2.45, 2.75) is 20.0 Å². The van der Waals surface area contributed by atoms with Crippen LogP contribution in [0.4, 0.5) is 5.69 Å². The van der Waals surface area contributed by atoms with Gasteiger partial charge in [-0.05, 0) is 30.7 Å². The van der Waals surface area contributed by atoms with E-state index in [4.69, 9.17) is 23.6 Å². The van der Waals surface area contributed by atoms with Gasteiger partial charge in [0.1, 0.15) is 12.3 Å². The Balaban J connectivity index is 2.05. The van der Waals surface area contributed by atoms with Gasteiger partial charge in [0, 0.05) is 37.5 Å². The number of rotatable bonds is 9. The van der Waals surface area contributed by atoms with Gasteiger partial charge in [-0.25, -0.2) is 4.98 Å². The van der Waals surface area contributed by atoms with Crippen molar-refractivity contribution in [3.63, 3.8) is 0 Å². The molecule has 0 amide bonds. The zero-order valence-corrected chi connectivity index (χ0v) is 18.1. The van der Waals surface area contributed by atoms with Gasteiger partial charge in [-0.15, -0.1) is 0 Å². The molecule has 1 N–H and O–H groups in total. The molecule has 0 saturated heterocycles. The lowest BCUT2D eigenvalue weighted by molar-refractivity contribution is 0.108. The number of benzene rings is 2. The Morgan fingerprint density at radius 3 is 2.17 bits per heavy atom. The number of oxazole rings is 1. The van der Waals surface area contributed by atoms with Crippen LogP contribution in [0, 0.1) is 0 Å². The summed E-state index contributed by atoms with van der Waals surface area (Å²) in [4.78, 5) is 6.77. The van der Waals surface area contributed by atoms with Crippen molar-refractivity contribution in [1.82, 2.24) is 4.98 Å². The van der Waals surface area contributed by atoms with E-state index in [2.05, 4.69) is 6.92 Å². The largest absolute Gasteiger partial charge is 0.502 e. The third-order valence-corrected chi connectivity index (χ3v) is 4.66. The maximum absolute atomic E-state index is 10.2. The molecule has 0 fully saturated rings. The summed E-state index contributed by atoms with van der Waals surface area (Å²) in [7, 11) is 6.96. The zero-order valence-electron chi connectivity index (χ0n) is 18.1. The molecule has 2 aromatic carbocycles. The van der Waals surface area contributed by atoms with Gasteiger partial charge in [0.25, 0.3) is 0 Å². The topological polar surface area (TPSA) is 77.2 Å². The van der Waals surface area contributed by atoms with Crippen molar-refractivity contribution in [1.29, 1.82) is 0 Å². The van der Waals surface area contributed by atoms with Crippen LogP contribution >= 0.6 is 0 Å². The molecule has 7 nitrogen and oxygen atoms in total. The first-order chi connectivity index (χ1) is 14.5. The number of methoxy groups -OCH3 is 2. The predicted octanol–water partition coefficient (Wildman–Crippen LogP) is 4.72. The fourth-order valence-electron chi connectivity index (χ4n) is 3.04. The van der Waals surface area contributed by atoms with E-state index in [0.717, 1.165) is 23.4 Å². The zero-order chi connectivity index (χ0) is 21.7. The Morgan fingerprint density at radius 2 is 1.63 bits per heavy atom. The molecule has 0 aliphatic carbocycles. The molecule has 0 saturated carbocycles. The second-order valence-electron chi connectivity index (χ2n) is 7.01. The van der Waals surface area contributed by atoms with Crippen LogP contribution < -0.4 is 14.4 Å².